The molecule has 1 rings (SSSR count). The molecular formula is C11H12ClIN2O4. The highest BCUT2D eigenvalue weighted by Crippen LogP contribution is 2.22. The molecule has 1 atom stereocenters. The lowest BCUT2D eigenvalue weighted by Crippen LogP contribution is -2.45. The highest BCUT2D eigenvalue weighted by atomic mass is 127. The van der Waals surface area contributed by atoms with Gasteiger partial charge < -0.3 is 20.5 Å². The van der Waals surface area contributed by atoms with Crippen molar-refractivity contribution in [2.45, 2.75) is 6.04 Å². The Morgan fingerprint density at radius 2 is 2.21 bits per heavy atom. The Morgan fingerprint density at radius 3 is 2.74 bits per heavy atom. The molecule has 0 radical (unpaired) electrons. The predicted molar refractivity (Wildman–Crippen MR) is 79.6 cm³/mol. The van der Waals surface area contributed by atoms with Crippen molar-refractivity contribution in [1.29, 1.82) is 0 Å². The van der Waals surface area contributed by atoms with Crippen molar-refractivity contribution in [3.63, 3.8) is 0 Å². The topological polar surface area (TPSA) is 87.7 Å². The van der Waals surface area contributed by atoms with Crippen LogP contribution in [-0.2, 0) is 9.53 Å². The fourth-order valence-corrected chi connectivity index (χ4v) is 2.26. The van der Waals surface area contributed by atoms with Crippen LogP contribution in [0.25, 0.3) is 0 Å². The first-order chi connectivity index (χ1) is 8.93. The minimum Gasteiger partial charge on any atom is -0.480 e. The summed E-state index contributed by atoms with van der Waals surface area (Å²) in [6, 6.07) is 3.22. The van der Waals surface area contributed by atoms with Gasteiger partial charge in [0.2, 0.25) is 0 Å². The average Bonchev–Trinajstić information content (AvgIpc) is 2.32. The molecule has 2 amide bonds. The van der Waals surface area contributed by atoms with E-state index in [0.717, 1.165) is 3.57 Å². The Labute approximate surface area is 128 Å². The van der Waals surface area contributed by atoms with Gasteiger partial charge in [0.15, 0.2) is 6.04 Å². The van der Waals surface area contributed by atoms with Crippen molar-refractivity contribution in [2.24, 2.45) is 0 Å². The van der Waals surface area contributed by atoms with Gasteiger partial charge in [-0.1, -0.05) is 11.6 Å². The number of anilines is 1. The molecule has 0 spiro atoms. The van der Waals surface area contributed by atoms with E-state index in [9.17, 15) is 9.59 Å². The molecule has 0 aromatic heterocycles. The lowest BCUT2D eigenvalue weighted by atomic mass is 10.3. The normalized spacial score (nSPS) is 11.7. The Hall–Kier alpha value is -1.06. The molecular weight excluding hydrogens is 386 g/mol. The number of carboxylic acids is 1. The van der Waals surface area contributed by atoms with Crippen LogP contribution in [0.15, 0.2) is 18.2 Å². The third-order valence-corrected chi connectivity index (χ3v) is 3.24. The maximum Gasteiger partial charge on any atom is 0.328 e. The van der Waals surface area contributed by atoms with Crippen molar-refractivity contribution in [2.75, 3.05) is 19.0 Å². The van der Waals surface area contributed by atoms with Crippen molar-refractivity contribution < 1.29 is 19.4 Å². The van der Waals surface area contributed by atoms with E-state index >= 15 is 0 Å². The van der Waals surface area contributed by atoms with Gasteiger partial charge in [0.1, 0.15) is 0 Å². The van der Waals surface area contributed by atoms with E-state index < -0.39 is 18.0 Å². The largest absolute Gasteiger partial charge is 0.480 e. The average molecular weight is 399 g/mol. The van der Waals surface area contributed by atoms with Gasteiger partial charge in [0, 0.05) is 15.7 Å². The minimum absolute atomic E-state index is 0.111. The number of rotatable bonds is 5. The number of methoxy groups -OCH3 is 1. The van der Waals surface area contributed by atoms with Gasteiger partial charge in [-0.2, -0.15) is 0 Å². The minimum atomic E-state index is -1.16. The van der Waals surface area contributed by atoms with Gasteiger partial charge in [0.25, 0.3) is 0 Å². The summed E-state index contributed by atoms with van der Waals surface area (Å²) in [6.45, 7) is -0.111. The van der Waals surface area contributed by atoms with E-state index in [1.165, 1.54) is 7.11 Å². The van der Waals surface area contributed by atoms with E-state index in [1.54, 1.807) is 18.2 Å². The van der Waals surface area contributed by atoms with E-state index in [2.05, 4.69) is 10.6 Å². The smallest absolute Gasteiger partial charge is 0.328 e. The third kappa shape index (κ3) is 5.21. The summed E-state index contributed by atoms with van der Waals surface area (Å²) in [5, 5.41) is 14.3. The molecule has 0 bridgehead atoms. The Morgan fingerprint density at radius 1 is 1.53 bits per heavy atom. The number of carboxylic acid groups (broad SMARTS) is 1. The number of amides is 2. The van der Waals surface area contributed by atoms with Gasteiger partial charge in [0.05, 0.1) is 12.3 Å². The van der Waals surface area contributed by atoms with Crippen LogP contribution in [0.1, 0.15) is 0 Å². The number of carbonyl (C=O) groups excluding carboxylic acids is 1. The summed E-state index contributed by atoms with van der Waals surface area (Å²) in [7, 11) is 1.36. The number of ether oxygens (including phenoxy) is 1. The first-order valence-electron chi connectivity index (χ1n) is 5.18. The zero-order chi connectivity index (χ0) is 14.4. The molecule has 0 saturated carbocycles. The van der Waals surface area contributed by atoms with Crippen molar-refractivity contribution in [3.05, 3.63) is 26.8 Å². The Bertz CT molecular complexity index is 484. The monoisotopic (exact) mass is 398 g/mol. The number of hydrogen-bond donors (Lipinski definition) is 3. The number of carbonyl (C=O) groups is 2. The highest BCUT2D eigenvalue weighted by molar-refractivity contribution is 14.1. The van der Waals surface area contributed by atoms with Gasteiger partial charge in [-0.25, -0.2) is 9.59 Å². The molecule has 0 aliphatic carbocycles. The number of nitrogens with one attached hydrogen (secondary N) is 2. The number of urea groups is 1. The molecule has 3 N–H and O–H groups in total. The van der Waals surface area contributed by atoms with E-state index in [-0.39, 0.29) is 6.61 Å². The van der Waals surface area contributed by atoms with Crippen LogP contribution >= 0.6 is 34.2 Å². The van der Waals surface area contributed by atoms with E-state index in [1.807, 2.05) is 22.6 Å². The van der Waals surface area contributed by atoms with Gasteiger partial charge in [-0.15, -0.1) is 0 Å². The van der Waals surface area contributed by atoms with Gasteiger partial charge in [-0.3, -0.25) is 0 Å². The van der Waals surface area contributed by atoms with Crippen molar-refractivity contribution in [1.82, 2.24) is 5.32 Å². The lowest BCUT2D eigenvalue weighted by molar-refractivity contribution is -0.140. The lowest BCUT2D eigenvalue weighted by Gasteiger charge is -2.14. The molecule has 0 saturated heterocycles. The summed E-state index contributed by atoms with van der Waals surface area (Å²) in [5.74, 6) is -1.16. The zero-order valence-corrected chi connectivity index (χ0v) is 12.9. The third-order valence-electron chi connectivity index (χ3n) is 2.12. The van der Waals surface area contributed by atoms with Crippen molar-refractivity contribution >= 4 is 51.9 Å². The molecule has 0 heterocycles. The molecule has 6 nitrogen and oxygen atoms in total. The molecule has 1 unspecified atom stereocenters. The number of hydrogen-bond acceptors (Lipinski definition) is 3. The van der Waals surface area contributed by atoms with Gasteiger partial charge >= 0.3 is 12.0 Å². The molecule has 0 aliphatic rings. The second kappa shape index (κ2) is 7.51. The quantitative estimate of drug-likeness (QED) is 0.663. The van der Waals surface area contributed by atoms with Crippen LogP contribution < -0.4 is 10.6 Å². The van der Waals surface area contributed by atoms with E-state index in [0.29, 0.717) is 10.7 Å². The molecule has 1 aromatic rings. The van der Waals surface area contributed by atoms with Crippen LogP contribution in [0.2, 0.25) is 5.02 Å². The van der Waals surface area contributed by atoms with Crippen LogP contribution in [0, 0.1) is 3.57 Å². The first-order valence-corrected chi connectivity index (χ1v) is 6.64. The first kappa shape index (κ1) is 16.0. The number of halogens is 2. The molecule has 104 valence electrons. The van der Waals surface area contributed by atoms with Crippen molar-refractivity contribution in [3.8, 4) is 0 Å². The standard InChI is InChI=1S/C11H12ClIN2O4/c1-19-5-9(10(16)17)15-11(18)14-8-3-2-6(12)4-7(8)13/h2-4,9H,5H2,1H3,(H,16,17)(H2,14,15,18). The van der Waals surface area contributed by atoms with E-state index in [4.69, 9.17) is 21.4 Å². The predicted octanol–water partition coefficient (Wildman–Crippen LogP) is 2.17. The fraction of sp³-hybridized carbons (Fsp3) is 0.273. The van der Waals surface area contributed by atoms with Crippen LogP contribution in [-0.4, -0.2) is 36.9 Å². The van der Waals surface area contributed by atoms with Gasteiger partial charge in [-0.05, 0) is 40.8 Å². The summed E-state index contributed by atoms with van der Waals surface area (Å²) in [6.07, 6.45) is 0. The SMILES string of the molecule is COCC(NC(=O)Nc1ccc(Cl)cc1I)C(=O)O. The fourth-order valence-electron chi connectivity index (χ4n) is 1.25. The summed E-state index contributed by atoms with van der Waals surface area (Å²) >= 11 is 7.81. The van der Waals surface area contributed by atoms with Crippen LogP contribution in [0.3, 0.4) is 0 Å². The molecule has 19 heavy (non-hydrogen) atoms. The molecule has 0 aliphatic heterocycles. The molecule has 8 heteroatoms. The summed E-state index contributed by atoms with van der Waals surface area (Å²) < 4.78 is 5.46. The van der Waals surface area contributed by atoms with Crippen LogP contribution in [0.4, 0.5) is 10.5 Å². The zero-order valence-electron chi connectivity index (χ0n) is 9.94. The Balaban J connectivity index is 2.66. The maximum absolute atomic E-state index is 11.7. The highest BCUT2D eigenvalue weighted by Gasteiger charge is 2.19. The second-order valence-corrected chi connectivity index (χ2v) is 5.17. The second-order valence-electron chi connectivity index (χ2n) is 3.57. The summed E-state index contributed by atoms with van der Waals surface area (Å²) in [5.41, 5.74) is 0.545. The molecule has 1 aromatic carbocycles. The molecule has 0 fully saturated rings. The Kier molecular flexibility index (Phi) is 6.32. The summed E-state index contributed by atoms with van der Waals surface area (Å²) in [4.78, 5) is 22.5. The van der Waals surface area contributed by atoms with Crippen LogP contribution in [0.5, 0.6) is 0 Å². The maximum atomic E-state index is 11.7. The number of aliphatic carboxylic acids is 1. The number of benzene rings is 1.